The van der Waals surface area contributed by atoms with Crippen LogP contribution in [0.4, 0.5) is 0 Å². The first-order valence-electron chi connectivity index (χ1n) is 6.86. The molecule has 4 aliphatic rings. The average Bonchev–Trinajstić information content (AvgIpc) is 3.22. The highest BCUT2D eigenvalue weighted by molar-refractivity contribution is 6.25. The molecule has 4 rings (SSSR count). The van der Waals surface area contributed by atoms with Crippen LogP contribution in [0.2, 0.25) is 0 Å². The van der Waals surface area contributed by atoms with Crippen molar-refractivity contribution in [1.29, 1.82) is 0 Å². The largest absolute Gasteiger partial charge is 0.543 e. The van der Waals surface area contributed by atoms with Gasteiger partial charge in [0.1, 0.15) is 37.4 Å². The summed E-state index contributed by atoms with van der Waals surface area (Å²) in [5.41, 5.74) is 0. The first-order valence-corrected chi connectivity index (χ1v) is 6.86. The van der Waals surface area contributed by atoms with E-state index in [1.165, 1.54) is 25.9 Å². The molecule has 4 bridgehead atoms. The number of nitrogens with two attached hydrogens (primary N) is 2. The van der Waals surface area contributed by atoms with Crippen LogP contribution < -0.4 is 20.8 Å². The van der Waals surface area contributed by atoms with Gasteiger partial charge in [0.25, 0.3) is 0 Å². The molecule has 0 radical (unpaired) electrons. The summed E-state index contributed by atoms with van der Waals surface area (Å²) in [6, 6.07) is 1.65. The molecule has 0 aromatic carbocycles. The summed E-state index contributed by atoms with van der Waals surface area (Å²) in [5.74, 6) is -4.37. The van der Waals surface area contributed by atoms with Gasteiger partial charge in [-0.25, -0.2) is 0 Å². The van der Waals surface area contributed by atoms with E-state index in [1.807, 2.05) is 0 Å². The zero-order valence-corrected chi connectivity index (χ0v) is 11.2. The molecule has 0 spiro atoms. The molecule has 4 saturated heterocycles. The molecule has 114 valence electrons. The lowest BCUT2D eigenvalue weighted by molar-refractivity contribution is -0.683. The van der Waals surface area contributed by atoms with Crippen molar-refractivity contribution in [2.45, 2.75) is 37.1 Å². The van der Waals surface area contributed by atoms with Gasteiger partial charge < -0.3 is 39.9 Å². The number of aliphatic carboxylic acids is 2. The number of ether oxygens (including phenoxy) is 2. The minimum absolute atomic E-state index is 0.616. The highest BCUT2D eigenvalue weighted by Gasteiger charge is 2.36. The number of carbonyl (C=O) groups excluding carboxylic acids is 2. The van der Waals surface area contributed by atoms with E-state index in [-0.39, 0.29) is 0 Å². The Bertz CT molecular complexity index is 294. The minimum atomic E-state index is -2.19. The third-order valence-electron chi connectivity index (χ3n) is 3.85. The molecule has 4 unspecified atom stereocenters. The van der Waals surface area contributed by atoms with Crippen LogP contribution in [0.1, 0.15) is 12.8 Å². The van der Waals surface area contributed by atoms with E-state index in [2.05, 4.69) is 10.6 Å². The molecular formula is C12H20N2O6. The van der Waals surface area contributed by atoms with E-state index in [4.69, 9.17) is 29.3 Å². The summed E-state index contributed by atoms with van der Waals surface area (Å²) >= 11 is 0. The lowest BCUT2D eigenvalue weighted by atomic mass is 10.3. The Hall–Kier alpha value is -1.22. The Morgan fingerprint density at radius 3 is 1.30 bits per heavy atom. The number of hydrogen-bond acceptors (Lipinski definition) is 6. The van der Waals surface area contributed by atoms with Crippen molar-refractivity contribution in [2.75, 3.05) is 26.3 Å². The fourth-order valence-electron chi connectivity index (χ4n) is 2.81. The SMILES string of the molecule is C1OC2C[NH2+]C1C2.C1OC2C[NH2+]C1C2.O=C([O-])C(=O)[O-]. The maximum absolute atomic E-state index is 8.93. The molecule has 4 fully saturated rings. The van der Waals surface area contributed by atoms with Crippen molar-refractivity contribution in [3.63, 3.8) is 0 Å². The molecule has 8 heteroatoms. The number of carboxylic acid groups (broad SMARTS) is 2. The van der Waals surface area contributed by atoms with E-state index < -0.39 is 11.9 Å². The first kappa shape index (κ1) is 15.2. The summed E-state index contributed by atoms with van der Waals surface area (Å²) in [5, 5.41) is 22.6. The van der Waals surface area contributed by atoms with Gasteiger partial charge in [0, 0.05) is 12.8 Å². The fourth-order valence-corrected chi connectivity index (χ4v) is 2.81. The van der Waals surface area contributed by atoms with E-state index in [0.717, 1.165) is 25.3 Å². The van der Waals surface area contributed by atoms with Crippen molar-refractivity contribution < 1.29 is 39.9 Å². The molecule has 20 heavy (non-hydrogen) atoms. The Morgan fingerprint density at radius 1 is 0.850 bits per heavy atom. The molecule has 8 nitrogen and oxygen atoms in total. The summed E-state index contributed by atoms with van der Waals surface area (Å²) in [6.45, 7) is 4.44. The van der Waals surface area contributed by atoms with E-state index in [1.54, 1.807) is 0 Å². The quantitative estimate of drug-likeness (QED) is 0.426. The molecule has 0 aromatic rings. The maximum Gasteiger partial charge on any atom is 0.112 e. The zero-order valence-electron chi connectivity index (χ0n) is 11.2. The molecule has 4 atom stereocenters. The maximum atomic E-state index is 8.93. The monoisotopic (exact) mass is 288 g/mol. The van der Waals surface area contributed by atoms with Gasteiger partial charge in [-0.1, -0.05) is 0 Å². The minimum Gasteiger partial charge on any atom is -0.543 e. The Kier molecular flexibility index (Phi) is 5.30. The lowest BCUT2D eigenvalue weighted by Gasteiger charge is -2.06. The third kappa shape index (κ3) is 4.41. The summed E-state index contributed by atoms with van der Waals surface area (Å²) in [4.78, 5) is 17.9. The van der Waals surface area contributed by atoms with Gasteiger partial charge >= 0.3 is 0 Å². The molecule has 4 aliphatic heterocycles. The van der Waals surface area contributed by atoms with Gasteiger partial charge in [0.15, 0.2) is 0 Å². The van der Waals surface area contributed by atoms with Crippen LogP contribution in [0.5, 0.6) is 0 Å². The second-order valence-electron chi connectivity index (χ2n) is 5.42. The second kappa shape index (κ2) is 6.98. The normalized spacial score (nSPS) is 35.8. The lowest BCUT2D eigenvalue weighted by Crippen LogP contribution is -2.89. The van der Waals surface area contributed by atoms with Crippen LogP contribution in [-0.2, 0) is 19.1 Å². The van der Waals surface area contributed by atoms with Crippen molar-refractivity contribution in [3.05, 3.63) is 0 Å². The van der Waals surface area contributed by atoms with Crippen molar-refractivity contribution in [1.82, 2.24) is 0 Å². The Labute approximate surface area is 116 Å². The van der Waals surface area contributed by atoms with Gasteiger partial charge in [-0.15, -0.1) is 0 Å². The zero-order chi connectivity index (χ0) is 14.5. The molecule has 0 aliphatic carbocycles. The number of hydrogen-bond donors (Lipinski definition) is 2. The number of carbonyl (C=O) groups is 2. The molecule has 0 aromatic heterocycles. The van der Waals surface area contributed by atoms with Crippen molar-refractivity contribution in [2.24, 2.45) is 0 Å². The summed E-state index contributed by atoms with van der Waals surface area (Å²) in [7, 11) is 0. The number of fused-ring (bicyclic) bond motifs is 4. The molecule has 0 amide bonds. The summed E-state index contributed by atoms with van der Waals surface area (Å²) in [6.07, 6.45) is 3.84. The Balaban J connectivity index is 0.000000111. The Morgan fingerprint density at radius 2 is 1.25 bits per heavy atom. The van der Waals surface area contributed by atoms with Gasteiger partial charge in [0.2, 0.25) is 0 Å². The number of quaternary nitrogens is 2. The molecule has 4 N–H and O–H groups in total. The topological polar surface area (TPSA) is 132 Å². The predicted molar refractivity (Wildman–Crippen MR) is 59.9 cm³/mol. The van der Waals surface area contributed by atoms with E-state index >= 15 is 0 Å². The smallest absolute Gasteiger partial charge is 0.112 e. The van der Waals surface area contributed by atoms with Crippen molar-refractivity contribution >= 4 is 11.9 Å². The van der Waals surface area contributed by atoms with Crippen LogP contribution in [-0.4, -0.2) is 62.5 Å². The van der Waals surface area contributed by atoms with Crippen LogP contribution in [0.15, 0.2) is 0 Å². The third-order valence-corrected chi connectivity index (χ3v) is 3.85. The molecular weight excluding hydrogens is 268 g/mol. The fraction of sp³-hybridized carbons (Fsp3) is 0.833. The number of rotatable bonds is 0. The predicted octanol–water partition coefficient (Wildman–Crippen LogP) is -6.07. The van der Waals surface area contributed by atoms with E-state index in [0.29, 0.717) is 12.2 Å². The standard InChI is InChI=1S/2C5H9NO.C2H2O4/c2*1-4-3-7-5(1)2-6-4;3-1(4)2(5)6/h2*4-6H,1-3H2;(H,3,4)(H,5,6). The van der Waals surface area contributed by atoms with E-state index in [9.17, 15) is 0 Å². The first-order chi connectivity index (χ1) is 9.54. The van der Waals surface area contributed by atoms with Gasteiger partial charge in [-0.2, -0.15) is 0 Å². The van der Waals surface area contributed by atoms with Crippen molar-refractivity contribution in [3.8, 4) is 0 Å². The highest BCUT2D eigenvalue weighted by Crippen LogP contribution is 2.13. The molecule has 0 saturated carbocycles. The highest BCUT2D eigenvalue weighted by atomic mass is 16.5. The van der Waals surface area contributed by atoms with Crippen LogP contribution in [0.25, 0.3) is 0 Å². The molecule has 4 heterocycles. The van der Waals surface area contributed by atoms with Crippen LogP contribution in [0.3, 0.4) is 0 Å². The van der Waals surface area contributed by atoms with Crippen LogP contribution >= 0.6 is 0 Å². The number of carboxylic acids is 2. The average molecular weight is 288 g/mol. The van der Waals surface area contributed by atoms with Gasteiger partial charge in [-0.3, -0.25) is 0 Å². The second-order valence-corrected chi connectivity index (χ2v) is 5.42. The summed E-state index contributed by atoms with van der Waals surface area (Å²) < 4.78 is 10.6. The van der Waals surface area contributed by atoms with Gasteiger partial charge in [0.05, 0.1) is 25.2 Å². The van der Waals surface area contributed by atoms with Gasteiger partial charge in [-0.05, 0) is 0 Å². The number of morpholine rings is 2. The van der Waals surface area contributed by atoms with Crippen LogP contribution in [0, 0.1) is 0 Å².